The number of hydrogen-bond acceptors (Lipinski definition) is 7. The van der Waals surface area contributed by atoms with E-state index >= 15 is 0 Å². The molecule has 4 aromatic rings. The SMILES string of the molecule is [C-]#[N+]c1cccc(Nc2ncc(-c3cncc(C(=O)OCC)c3)c(-n3nc(C(F)(F)F)cc3C)n2)c1. The summed E-state index contributed by atoms with van der Waals surface area (Å²) in [6.45, 7) is 10.5. The predicted octanol–water partition coefficient (Wildman–Crippen LogP) is 5.52. The molecular weight excluding hydrogens is 475 g/mol. The van der Waals surface area contributed by atoms with Gasteiger partial charge >= 0.3 is 12.1 Å². The number of alkyl halides is 3. The van der Waals surface area contributed by atoms with Gasteiger partial charge in [0.15, 0.2) is 17.2 Å². The Labute approximate surface area is 203 Å². The number of nitrogens with one attached hydrogen (secondary N) is 1. The zero-order valence-electron chi connectivity index (χ0n) is 19.0. The van der Waals surface area contributed by atoms with Crippen molar-refractivity contribution in [2.45, 2.75) is 20.0 Å². The maximum Gasteiger partial charge on any atom is 0.435 e. The van der Waals surface area contributed by atoms with E-state index in [0.29, 0.717) is 16.9 Å². The van der Waals surface area contributed by atoms with Gasteiger partial charge in [0.1, 0.15) is 0 Å². The second kappa shape index (κ2) is 9.83. The van der Waals surface area contributed by atoms with Crippen LogP contribution < -0.4 is 5.32 Å². The number of aryl methyl sites for hydroxylation is 1. The van der Waals surface area contributed by atoms with Crippen LogP contribution in [0.1, 0.15) is 28.7 Å². The molecule has 0 amide bonds. The molecule has 0 saturated carbocycles. The van der Waals surface area contributed by atoms with E-state index in [-0.39, 0.29) is 35.2 Å². The van der Waals surface area contributed by atoms with E-state index in [0.717, 1.165) is 10.7 Å². The fourth-order valence-electron chi connectivity index (χ4n) is 3.32. The number of rotatable bonds is 6. The molecule has 1 N–H and O–H groups in total. The third kappa shape index (κ3) is 5.15. The summed E-state index contributed by atoms with van der Waals surface area (Å²) < 4.78 is 46.2. The van der Waals surface area contributed by atoms with E-state index in [1.165, 1.54) is 31.6 Å². The first-order valence-corrected chi connectivity index (χ1v) is 10.6. The van der Waals surface area contributed by atoms with Gasteiger partial charge in [0.05, 0.1) is 18.7 Å². The molecule has 0 aliphatic carbocycles. The number of hydrogen-bond donors (Lipinski definition) is 1. The highest BCUT2D eigenvalue weighted by atomic mass is 19.4. The monoisotopic (exact) mass is 493 g/mol. The van der Waals surface area contributed by atoms with Gasteiger partial charge in [-0.25, -0.2) is 19.3 Å². The average molecular weight is 493 g/mol. The molecule has 3 heterocycles. The summed E-state index contributed by atoms with van der Waals surface area (Å²) >= 11 is 0. The number of aromatic nitrogens is 5. The summed E-state index contributed by atoms with van der Waals surface area (Å²) in [4.78, 5) is 28.3. The molecule has 0 bridgehead atoms. The predicted molar refractivity (Wildman–Crippen MR) is 124 cm³/mol. The van der Waals surface area contributed by atoms with Gasteiger partial charge in [-0.05, 0) is 38.1 Å². The summed E-state index contributed by atoms with van der Waals surface area (Å²) in [5.41, 5.74) is 0.818. The smallest absolute Gasteiger partial charge is 0.435 e. The standard InChI is InChI=1S/C24H18F3N7O2/c1-4-36-22(35)16-9-15(11-29-12-16)19-13-30-23(31-18-7-5-6-17(10-18)28-3)32-21(19)34-14(2)8-20(33-34)24(25,26)27/h5-13H,4H2,1-2H3,(H,30,31,32). The van der Waals surface area contributed by atoms with Crippen LogP contribution in [0.15, 0.2) is 55.0 Å². The molecule has 0 aliphatic heterocycles. The highest BCUT2D eigenvalue weighted by molar-refractivity contribution is 5.91. The number of anilines is 2. The Kier molecular flexibility index (Phi) is 6.64. The minimum Gasteiger partial charge on any atom is -0.462 e. The zero-order chi connectivity index (χ0) is 25.9. The number of carbonyl (C=O) groups is 1. The molecule has 12 heteroatoms. The Balaban J connectivity index is 1.85. The minimum absolute atomic E-state index is 0.0321. The molecule has 0 unspecified atom stereocenters. The van der Waals surface area contributed by atoms with Gasteiger partial charge in [-0.1, -0.05) is 12.1 Å². The quantitative estimate of drug-likeness (QED) is 0.279. The Morgan fingerprint density at radius 2 is 2.00 bits per heavy atom. The van der Waals surface area contributed by atoms with E-state index in [9.17, 15) is 18.0 Å². The summed E-state index contributed by atoms with van der Waals surface area (Å²) in [6.07, 6.45) is -0.510. The van der Waals surface area contributed by atoms with Crippen molar-refractivity contribution in [3.63, 3.8) is 0 Å². The lowest BCUT2D eigenvalue weighted by atomic mass is 10.1. The maximum absolute atomic E-state index is 13.4. The van der Waals surface area contributed by atoms with Gasteiger partial charge in [0.25, 0.3) is 0 Å². The van der Waals surface area contributed by atoms with Crippen LogP contribution in [-0.2, 0) is 10.9 Å². The summed E-state index contributed by atoms with van der Waals surface area (Å²) in [5.74, 6) is -0.500. The van der Waals surface area contributed by atoms with Crippen molar-refractivity contribution in [3.8, 4) is 16.9 Å². The van der Waals surface area contributed by atoms with Crippen molar-refractivity contribution >= 4 is 23.3 Å². The Hall–Kier alpha value is -4.79. The highest BCUT2D eigenvalue weighted by Gasteiger charge is 2.35. The van der Waals surface area contributed by atoms with E-state index in [2.05, 4.69) is 30.2 Å². The first-order chi connectivity index (χ1) is 17.2. The van der Waals surface area contributed by atoms with Gasteiger partial charge in [0, 0.05) is 41.1 Å². The topological polar surface area (TPSA) is 99.2 Å². The lowest BCUT2D eigenvalue weighted by Crippen LogP contribution is -2.11. The van der Waals surface area contributed by atoms with Crippen LogP contribution >= 0.6 is 0 Å². The summed E-state index contributed by atoms with van der Waals surface area (Å²) in [5, 5.41) is 6.67. The third-order valence-corrected chi connectivity index (χ3v) is 4.94. The first-order valence-electron chi connectivity index (χ1n) is 10.6. The van der Waals surface area contributed by atoms with E-state index in [1.807, 2.05) is 0 Å². The Morgan fingerprint density at radius 3 is 2.69 bits per heavy atom. The fourth-order valence-corrected chi connectivity index (χ4v) is 3.32. The van der Waals surface area contributed by atoms with Crippen LogP contribution in [0.25, 0.3) is 21.8 Å². The van der Waals surface area contributed by atoms with Crippen molar-refractivity contribution in [1.29, 1.82) is 0 Å². The van der Waals surface area contributed by atoms with Crippen molar-refractivity contribution in [2.24, 2.45) is 0 Å². The van der Waals surface area contributed by atoms with E-state index in [4.69, 9.17) is 11.3 Å². The molecular formula is C24H18F3N7O2. The van der Waals surface area contributed by atoms with Gasteiger partial charge in [-0.15, -0.1) is 0 Å². The molecule has 0 fully saturated rings. The third-order valence-electron chi connectivity index (χ3n) is 4.94. The number of benzene rings is 1. The van der Waals surface area contributed by atoms with Gasteiger partial charge in [-0.2, -0.15) is 23.3 Å². The molecule has 182 valence electrons. The number of nitrogens with zero attached hydrogens (tertiary/aromatic N) is 6. The molecule has 9 nitrogen and oxygen atoms in total. The molecule has 0 aliphatic rings. The van der Waals surface area contributed by atoms with Crippen LogP contribution in [0.2, 0.25) is 0 Å². The van der Waals surface area contributed by atoms with Crippen LogP contribution in [-0.4, -0.2) is 37.3 Å². The van der Waals surface area contributed by atoms with Crippen LogP contribution in [0, 0.1) is 13.5 Å². The zero-order valence-corrected chi connectivity index (χ0v) is 19.0. The molecule has 3 aromatic heterocycles. The largest absolute Gasteiger partial charge is 0.462 e. The second-order valence-electron chi connectivity index (χ2n) is 7.48. The second-order valence-corrected chi connectivity index (χ2v) is 7.48. The minimum atomic E-state index is -4.66. The lowest BCUT2D eigenvalue weighted by molar-refractivity contribution is -0.141. The molecule has 0 radical (unpaired) electrons. The van der Waals surface area contributed by atoms with E-state index < -0.39 is 17.8 Å². The summed E-state index contributed by atoms with van der Waals surface area (Å²) in [7, 11) is 0. The number of pyridine rings is 1. The van der Waals surface area contributed by atoms with Crippen LogP contribution in [0.3, 0.4) is 0 Å². The Bertz CT molecular complexity index is 1480. The first kappa shape index (κ1) is 24.3. The molecule has 36 heavy (non-hydrogen) atoms. The van der Waals surface area contributed by atoms with Crippen molar-refractivity contribution in [1.82, 2.24) is 24.7 Å². The normalized spacial score (nSPS) is 11.1. The average Bonchev–Trinajstić information content (AvgIpc) is 3.26. The molecule has 1 aromatic carbocycles. The highest BCUT2D eigenvalue weighted by Crippen LogP contribution is 2.32. The summed E-state index contributed by atoms with van der Waals surface area (Å²) in [6, 6.07) is 8.97. The fraction of sp³-hybridized carbons (Fsp3) is 0.167. The molecule has 0 saturated heterocycles. The van der Waals surface area contributed by atoms with Gasteiger partial charge in [0.2, 0.25) is 5.95 Å². The lowest BCUT2D eigenvalue weighted by Gasteiger charge is -2.13. The number of carbonyl (C=O) groups excluding carboxylic acids is 1. The Morgan fingerprint density at radius 1 is 1.19 bits per heavy atom. The number of ether oxygens (including phenoxy) is 1. The molecule has 0 atom stereocenters. The maximum atomic E-state index is 13.4. The van der Waals surface area contributed by atoms with Gasteiger partial charge in [-0.3, -0.25) is 4.98 Å². The van der Waals surface area contributed by atoms with Gasteiger partial charge < -0.3 is 10.1 Å². The van der Waals surface area contributed by atoms with Crippen molar-refractivity contribution in [2.75, 3.05) is 11.9 Å². The van der Waals surface area contributed by atoms with Crippen molar-refractivity contribution < 1.29 is 22.7 Å². The van der Waals surface area contributed by atoms with Crippen LogP contribution in [0.5, 0.6) is 0 Å². The molecule has 0 spiro atoms. The van der Waals surface area contributed by atoms with E-state index in [1.54, 1.807) is 31.2 Å². The number of esters is 1. The molecule has 4 rings (SSSR count). The number of halogens is 3. The van der Waals surface area contributed by atoms with Crippen molar-refractivity contribution in [3.05, 3.63) is 83.4 Å². The van der Waals surface area contributed by atoms with Crippen LogP contribution in [0.4, 0.5) is 30.5 Å².